The van der Waals surface area contributed by atoms with Crippen LogP contribution in [0.4, 0.5) is 5.82 Å². The third kappa shape index (κ3) is 4.14. The Kier molecular flexibility index (Phi) is 6.22. The number of aromatic nitrogens is 2. The summed E-state index contributed by atoms with van der Waals surface area (Å²) < 4.78 is 0. The van der Waals surface area contributed by atoms with Crippen LogP contribution in [0.25, 0.3) is 0 Å². The summed E-state index contributed by atoms with van der Waals surface area (Å²) in [5, 5.41) is 13.8. The third-order valence-corrected chi connectivity index (χ3v) is 7.49. The lowest BCUT2D eigenvalue weighted by Crippen LogP contribution is -2.52. The Morgan fingerprint density at radius 1 is 1.15 bits per heavy atom. The summed E-state index contributed by atoms with van der Waals surface area (Å²) in [6.45, 7) is 5.59. The molecule has 2 amide bonds. The highest BCUT2D eigenvalue weighted by molar-refractivity contribution is 5.93. The first kappa shape index (κ1) is 22.7. The highest BCUT2D eigenvalue weighted by atomic mass is 16.3. The van der Waals surface area contributed by atoms with Crippen molar-refractivity contribution >= 4 is 17.6 Å². The average Bonchev–Trinajstić information content (AvgIpc) is 3.48. The van der Waals surface area contributed by atoms with E-state index in [1.54, 1.807) is 12.1 Å². The Morgan fingerprint density at radius 3 is 2.53 bits per heavy atom. The van der Waals surface area contributed by atoms with Crippen molar-refractivity contribution in [3.8, 4) is 0 Å². The number of carbonyl (C=O) groups is 2. The molecule has 2 fully saturated rings. The number of primary amides is 1. The number of carbonyl (C=O) groups excluding carboxylic acids is 2. The number of piperazine rings is 1. The molecule has 34 heavy (non-hydrogen) atoms. The molecule has 2 aromatic rings. The largest absolute Gasteiger partial charge is 0.387 e. The van der Waals surface area contributed by atoms with E-state index in [0.717, 1.165) is 42.0 Å². The number of rotatable bonds is 5. The van der Waals surface area contributed by atoms with E-state index in [4.69, 9.17) is 5.73 Å². The summed E-state index contributed by atoms with van der Waals surface area (Å²) in [5.74, 6) is 0.443. The Hall–Kier alpha value is -3.04. The molecule has 0 saturated carbocycles. The fraction of sp³-hybridized carbons (Fsp3) is 0.520. The molecule has 9 heteroatoms. The van der Waals surface area contributed by atoms with Crippen molar-refractivity contribution in [1.29, 1.82) is 0 Å². The number of nitrogens with two attached hydrogens (primary N) is 1. The van der Waals surface area contributed by atoms with Gasteiger partial charge in [-0.15, -0.1) is 0 Å². The zero-order chi connectivity index (χ0) is 23.8. The highest BCUT2D eigenvalue weighted by Gasteiger charge is 2.37. The first-order valence-electron chi connectivity index (χ1n) is 12.1. The van der Waals surface area contributed by atoms with Crippen molar-refractivity contribution in [3.05, 3.63) is 53.0 Å². The van der Waals surface area contributed by atoms with Gasteiger partial charge in [-0.3, -0.25) is 9.59 Å². The van der Waals surface area contributed by atoms with Crippen molar-refractivity contribution in [2.24, 2.45) is 5.73 Å². The zero-order valence-corrected chi connectivity index (χ0v) is 19.5. The summed E-state index contributed by atoms with van der Waals surface area (Å²) >= 11 is 0. The predicted molar refractivity (Wildman–Crippen MR) is 128 cm³/mol. The minimum Gasteiger partial charge on any atom is -0.387 e. The van der Waals surface area contributed by atoms with Gasteiger partial charge in [0.05, 0.1) is 17.7 Å². The van der Waals surface area contributed by atoms with Crippen LogP contribution < -0.4 is 16.0 Å². The van der Waals surface area contributed by atoms with Crippen LogP contribution in [0.5, 0.6) is 0 Å². The fourth-order valence-electron chi connectivity index (χ4n) is 5.69. The Morgan fingerprint density at radius 2 is 1.88 bits per heavy atom. The van der Waals surface area contributed by atoms with Gasteiger partial charge in [-0.25, -0.2) is 9.97 Å². The smallest absolute Gasteiger partial charge is 0.248 e. The van der Waals surface area contributed by atoms with Crippen molar-refractivity contribution in [1.82, 2.24) is 20.2 Å². The van der Waals surface area contributed by atoms with Gasteiger partial charge in [0, 0.05) is 43.3 Å². The molecule has 1 aromatic carbocycles. The second-order valence-electron chi connectivity index (χ2n) is 9.63. The molecule has 4 atom stereocenters. The van der Waals surface area contributed by atoms with Crippen molar-refractivity contribution in [3.63, 3.8) is 0 Å². The van der Waals surface area contributed by atoms with Gasteiger partial charge in [0.25, 0.3) is 0 Å². The summed E-state index contributed by atoms with van der Waals surface area (Å²) in [7, 11) is 0. The number of benzene rings is 1. The molecule has 0 spiro atoms. The van der Waals surface area contributed by atoms with Crippen LogP contribution in [0.1, 0.15) is 71.3 Å². The van der Waals surface area contributed by atoms with Crippen molar-refractivity contribution in [2.75, 3.05) is 37.6 Å². The topological polar surface area (TPSA) is 125 Å². The van der Waals surface area contributed by atoms with E-state index in [0.29, 0.717) is 38.2 Å². The van der Waals surface area contributed by atoms with E-state index in [1.165, 1.54) is 6.33 Å². The van der Waals surface area contributed by atoms with Crippen molar-refractivity contribution in [2.45, 2.75) is 50.2 Å². The van der Waals surface area contributed by atoms with Gasteiger partial charge in [0.15, 0.2) is 0 Å². The average molecular weight is 465 g/mol. The standard InChI is InChI=1S/C25H32N6O3/c1-15-13-19(32)22-20(15)24(29-14-28-22)30-9-11-31(12-10-30)25(34)21(18-3-2-8-27-18)16-4-6-17(7-5-16)23(26)33/h4-7,14-15,18-19,21,27,32H,2-3,8-13H2,1H3,(H2,26,33)/t15-,18+,19-,21+/m1/s1. The molecule has 5 rings (SSSR count). The second-order valence-corrected chi connectivity index (χ2v) is 9.63. The molecule has 0 radical (unpaired) electrons. The Bertz CT molecular complexity index is 1060. The highest BCUT2D eigenvalue weighted by Crippen LogP contribution is 2.42. The maximum Gasteiger partial charge on any atom is 0.248 e. The minimum atomic E-state index is -0.532. The minimum absolute atomic E-state index is 0.0810. The molecule has 3 aliphatic rings. The number of hydrogen-bond donors (Lipinski definition) is 3. The van der Waals surface area contributed by atoms with Gasteiger partial charge in [-0.05, 0) is 49.4 Å². The number of nitrogens with zero attached hydrogens (tertiary/aromatic N) is 4. The summed E-state index contributed by atoms with van der Waals surface area (Å²) in [5.41, 5.74) is 8.53. The monoisotopic (exact) mass is 464 g/mol. The quantitative estimate of drug-likeness (QED) is 0.609. The Labute approximate surface area is 199 Å². The normalized spacial score (nSPS) is 25.3. The molecular weight excluding hydrogens is 432 g/mol. The van der Waals surface area contributed by atoms with Crippen LogP contribution >= 0.6 is 0 Å². The number of aliphatic hydroxyl groups excluding tert-OH is 1. The SMILES string of the molecule is C[C@@H]1C[C@@H](O)c2ncnc(N3CCN(C(=O)[C@@H](c4ccc(C(N)=O)cc4)[C@@H]4CCCN4)CC3)c21. The molecule has 4 N–H and O–H groups in total. The van der Waals surface area contributed by atoms with Gasteiger partial charge < -0.3 is 26.0 Å². The molecule has 3 heterocycles. The molecule has 1 aromatic heterocycles. The maximum absolute atomic E-state index is 13.7. The van der Waals surface area contributed by atoms with E-state index in [1.807, 2.05) is 17.0 Å². The van der Waals surface area contributed by atoms with Gasteiger partial charge in [-0.2, -0.15) is 0 Å². The third-order valence-electron chi connectivity index (χ3n) is 7.49. The lowest BCUT2D eigenvalue weighted by molar-refractivity contribution is -0.133. The number of amides is 2. The number of nitrogens with one attached hydrogen (secondary N) is 1. The lowest BCUT2D eigenvalue weighted by Gasteiger charge is -2.38. The number of hydrogen-bond acceptors (Lipinski definition) is 7. The van der Waals surface area contributed by atoms with Gasteiger partial charge in [0.1, 0.15) is 12.1 Å². The summed E-state index contributed by atoms with van der Waals surface area (Å²) in [6.07, 6.45) is 3.66. The van der Waals surface area contributed by atoms with Crippen LogP contribution in [0, 0.1) is 0 Å². The molecule has 2 saturated heterocycles. The molecule has 0 bridgehead atoms. The van der Waals surface area contributed by atoms with E-state index < -0.39 is 12.0 Å². The molecular formula is C25H32N6O3. The van der Waals surface area contributed by atoms with Crippen LogP contribution in [0.15, 0.2) is 30.6 Å². The Balaban J connectivity index is 1.32. The molecule has 1 aliphatic carbocycles. The zero-order valence-electron chi connectivity index (χ0n) is 19.5. The second kappa shape index (κ2) is 9.31. The van der Waals surface area contributed by atoms with Crippen LogP contribution in [0.2, 0.25) is 0 Å². The van der Waals surface area contributed by atoms with Crippen LogP contribution in [-0.4, -0.2) is 70.6 Å². The number of anilines is 1. The van der Waals surface area contributed by atoms with E-state index in [2.05, 4.69) is 27.1 Å². The predicted octanol–water partition coefficient (Wildman–Crippen LogP) is 1.30. The van der Waals surface area contributed by atoms with Crippen molar-refractivity contribution < 1.29 is 14.7 Å². The van der Waals surface area contributed by atoms with E-state index in [-0.39, 0.29) is 23.8 Å². The number of aliphatic hydroxyl groups is 1. The molecule has 9 nitrogen and oxygen atoms in total. The number of fused-ring (bicyclic) bond motifs is 1. The summed E-state index contributed by atoms with van der Waals surface area (Å²) in [4.78, 5) is 38.3. The summed E-state index contributed by atoms with van der Waals surface area (Å²) in [6, 6.07) is 7.20. The van der Waals surface area contributed by atoms with E-state index >= 15 is 0 Å². The van der Waals surface area contributed by atoms with Gasteiger partial charge in [0.2, 0.25) is 11.8 Å². The van der Waals surface area contributed by atoms with Crippen LogP contribution in [-0.2, 0) is 4.79 Å². The van der Waals surface area contributed by atoms with Crippen LogP contribution in [0.3, 0.4) is 0 Å². The lowest BCUT2D eigenvalue weighted by atomic mass is 9.88. The molecule has 2 aliphatic heterocycles. The maximum atomic E-state index is 13.7. The molecule has 180 valence electrons. The fourth-order valence-corrected chi connectivity index (χ4v) is 5.69. The van der Waals surface area contributed by atoms with Gasteiger partial charge in [-0.1, -0.05) is 19.1 Å². The first-order valence-corrected chi connectivity index (χ1v) is 12.1. The molecule has 0 unspecified atom stereocenters. The van der Waals surface area contributed by atoms with Gasteiger partial charge >= 0.3 is 0 Å². The first-order chi connectivity index (χ1) is 16.4. The van der Waals surface area contributed by atoms with E-state index in [9.17, 15) is 14.7 Å².